The van der Waals surface area contributed by atoms with Gasteiger partial charge in [0, 0.05) is 0 Å². The fraction of sp³-hybridized carbons (Fsp3) is 0.0769. The van der Waals surface area contributed by atoms with Gasteiger partial charge in [0.15, 0.2) is 5.17 Å². The van der Waals surface area contributed by atoms with Crippen LogP contribution in [0.5, 0.6) is 0 Å². The summed E-state index contributed by atoms with van der Waals surface area (Å²) in [5, 5.41) is 0.696. The number of aliphatic imine (C=N–C) groups is 1. The highest BCUT2D eigenvalue weighted by molar-refractivity contribution is 8.18. The van der Waals surface area contributed by atoms with E-state index in [2.05, 4.69) is 0 Å². The number of para-hydroxylation sites is 1. The van der Waals surface area contributed by atoms with Gasteiger partial charge >= 0.3 is 0 Å². The SMILES string of the molecule is C[C@@H](c1ccccc1)N1C(=O)/C(=C\C=C\c2ccccc2)SC1=Nc1ccccc1. The molecule has 4 rings (SSSR count). The lowest BCUT2D eigenvalue weighted by atomic mass is 10.1. The highest BCUT2D eigenvalue weighted by Gasteiger charge is 2.36. The van der Waals surface area contributed by atoms with E-state index in [4.69, 9.17) is 4.99 Å². The summed E-state index contributed by atoms with van der Waals surface area (Å²) in [5.41, 5.74) is 3.00. The van der Waals surface area contributed by atoms with Gasteiger partial charge in [-0.05, 0) is 48.0 Å². The van der Waals surface area contributed by atoms with Gasteiger partial charge in [0.05, 0.1) is 16.6 Å². The van der Waals surface area contributed by atoms with Crippen LogP contribution in [0.3, 0.4) is 0 Å². The number of allylic oxidation sites excluding steroid dienone is 2. The molecule has 0 aliphatic carbocycles. The Kier molecular flexibility index (Phi) is 6.26. The molecule has 0 N–H and O–H groups in total. The van der Waals surface area contributed by atoms with Crippen LogP contribution >= 0.6 is 11.8 Å². The first-order valence-electron chi connectivity index (χ1n) is 9.86. The van der Waals surface area contributed by atoms with Crippen LogP contribution in [-0.4, -0.2) is 16.0 Å². The molecule has 1 aliphatic heterocycles. The minimum Gasteiger partial charge on any atom is -0.279 e. The summed E-state index contributed by atoms with van der Waals surface area (Å²) in [6, 6.07) is 29.7. The van der Waals surface area contributed by atoms with Crippen molar-refractivity contribution in [2.24, 2.45) is 4.99 Å². The Hall–Kier alpha value is -3.37. The van der Waals surface area contributed by atoms with Crippen LogP contribution in [0.1, 0.15) is 24.1 Å². The van der Waals surface area contributed by atoms with E-state index in [0.717, 1.165) is 16.8 Å². The van der Waals surface area contributed by atoms with Gasteiger partial charge in [-0.15, -0.1) is 0 Å². The summed E-state index contributed by atoms with van der Waals surface area (Å²) in [4.78, 5) is 20.5. The highest BCUT2D eigenvalue weighted by Crippen LogP contribution is 2.38. The molecule has 1 amide bonds. The summed E-state index contributed by atoms with van der Waals surface area (Å²) >= 11 is 1.42. The molecule has 3 aromatic rings. The molecule has 3 aromatic carbocycles. The molecule has 1 heterocycles. The van der Waals surface area contributed by atoms with E-state index in [1.807, 2.05) is 116 Å². The fourth-order valence-corrected chi connectivity index (χ4v) is 4.24. The van der Waals surface area contributed by atoms with Crippen molar-refractivity contribution in [3.63, 3.8) is 0 Å². The Labute approximate surface area is 181 Å². The molecule has 1 atom stereocenters. The van der Waals surface area contributed by atoms with E-state index in [9.17, 15) is 4.79 Å². The largest absolute Gasteiger partial charge is 0.279 e. The molecule has 3 nitrogen and oxygen atoms in total. The first-order chi connectivity index (χ1) is 14.7. The Bertz CT molecular complexity index is 1090. The van der Waals surface area contributed by atoms with Crippen molar-refractivity contribution < 1.29 is 4.79 Å². The zero-order valence-electron chi connectivity index (χ0n) is 16.7. The second-order valence-electron chi connectivity index (χ2n) is 6.89. The summed E-state index contributed by atoms with van der Waals surface area (Å²) in [5.74, 6) is -0.0243. The van der Waals surface area contributed by atoms with E-state index in [0.29, 0.717) is 10.1 Å². The van der Waals surface area contributed by atoms with Crippen LogP contribution in [0, 0.1) is 0 Å². The van der Waals surface area contributed by atoms with Gasteiger partial charge in [-0.2, -0.15) is 0 Å². The average molecular weight is 411 g/mol. The van der Waals surface area contributed by atoms with Crippen LogP contribution in [0.2, 0.25) is 0 Å². The van der Waals surface area contributed by atoms with Crippen molar-refractivity contribution >= 4 is 34.6 Å². The Morgan fingerprint density at radius 3 is 2.13 bits per heavy atom. The molecule has 1 aliphatic rings. The number of amidine groups is 1. The van der Waals surface area contributed by atoms with E-state index in [-0.39, 0.29) is 11.9 Å². The molecule has 1 fully saturated rings. The second kappa shape index (κ2) is 9.42. The first-order valence-corrected chi connectivity index (χ1v) is 10.7. The average Bonchev–Trinajstić information content (AvgIpc) is 3.10. The second-order valence-corrected chi connectivity index (χ2v) is 7.90. The third-order valence-electron chi connectivity index (χ3n) is 4.82. The molecular formula is C26H22N2OS. The number of carbonyl (C=O) groups is 1. The molecular weight excluding hydrogens is 388 g/mol. The standard InChI is InChI=1S/C26H22N2OS/c1-20(22-15-7-3-8-16-22)28-25(29)24(19-11-14-21-12-5-2-6-13-21)30-26(28)27-23-17-9-4-10-18-23/h2-20H,1H3/b14-11+,24-19+,27-26?/t20-/m0/s1. The molecule has 1 saturated heterocycles. The normalized spacial score (nSPS) is 17.9. The maximum Gasteiger partial charge on any atom is 0.267 e. The third-order valence-corrected chi connectivity index (χ3v) is 5.82. The fourth-order valence-electron chi connectivity index (χ4n) is 3.22. The molecule has 0 unspecified atom stereocenters. The highest BCUT2D eigenvalue weighted by atomic mass is 32.2. The van der Waals surface area contributed by atoms with Crippen LogP contribution in [0.4, 0.5) is 5.69 Å². The number of thioether (sulfide) groups is 1. The Morgan fingerprint density at radius 2 is 1.47 bits per heavy atom. The molecule has 0 aromatic heterocycles. The van der Waals surface area contributed by atoms with Crippen molar-refractivity contribution in [3.8, 4) is 0 Å². The first kappa shape index (κ1) is 19.9. The van der Waals surface area contributed by atoms with Crippen LogP contribution in [0.25, 0.3) is 6.08 Å². The smallest absolute Gasteiger partial charge is 0.267 e. The van der Waals surface area contributed by atoms with Crippen molar-refractivity contribution in [1.29, 1.82) is 0 Å². The van der Waals surface area contributed by atoms with Crippen molar-refractivity contribution in [1.82, 2.24) is 4.90 Å². The van der Waals surface area contributed by atoms with Gasteiger partial charge in [0.2, 0.25) is 0 Å². The quantitative estimate of drug-likeness (QED) is 0.444. The third kappa shape index (κ3) is 4.61. The summed E-state index contributed by atoms with van der Waals surface area (Å²) < 4.78 is 0. The monoisotopic (exact) mass is 410 g/mol. The van der Waals surface area contributed by atoms with E-state index >= 15 is 0 Å². The lowest BCUT2D eigenvalue weighted by molar-refractivity contribution is -0.123. The summed E-state index contributed by atoms with van der Waals surface area (Å²) in [7, 11) is 0. The molecule has 4 heteroatoms. The maximum atomic E-state index is 13.3. The molecule has 0 spiro atoms. The van der Waals surface area contributed by atoms with Gasteiger partial charge in [-0.25, -0.2) is 4.99 Å². The van der Waals surface area contributed by atoms with Crippen LogP contribution in [0.15, 0.2) is 113 Å². The zero-order valence-corrected chi connectivity index (χ0v) is 17.5. The number of carbonyl (C=O) groups excluding carboxylic acids is 1. The number of nitrogens with zero attached hydrogens (tertiary/aromatic N) is 2. The maximum absolute atomic E-state index is 13.3. The zero-order chi connectivity index (χ0) is 20.8. The van der Waals surface area contributed by atoms with E-state index < -0.39 is 0 Å². The van der Waals surface area contributed by atoms with E-state index in [1.165, 1.54) is 11.8 Å². The van der Waals surface area contributed by atoms with Crippen molar-refractivity contribution in [2.45, 2.75) is 13.0 Å². The molecule has 148 valence electrons. The van der Waals surface area contributed by atoms with Crippen LogP contribution in [-0.2, 0) is 4.79 Å². The number of hydrogen-bond acceptors (Lipinski definition) is 3. The molecule has 0 bridgehead atoms. The predicted octanol–water partition coefficient (Wildman–Crippen LogP) is 6.61. The lowest BCUT2D eigenvalue weighted by Crippen LogP contribution is -2.32. The van der Waals surface area contributed by atoms with Gasteiger partial charge in [-0.1, -0.05) is 91.0 Å². The molecule has 0 saturated carbocycles. The van der Waals surface area contributed by atoms with Gasteiger partial charge in [-0.3, -0.25) is 9.69 Å². The topological polar surface area (TPSA) is 32.7 Å². The molecule has 0 radical (unpaired) electrons. The summed E-state index contributed by atoms with van der Waals surface area (Å²) in [6.45, 7) is 2.04. The van der Waals surface area contributed by atoms with Gasteiger partial charge in [0.25, 0.3) is 5.91 Å². The number of benzene rings is 3. The van der Waals surface area contributed by atoms with E-state index in [1.54, 1.807) is 4.90 Å². The van der Waals surface area contributed by atoms with Crippen LogP contribution < -0.4 is 0 Å². The van der Waals surface area contributed by atoms with Crippen molar-refractivity contribution in [3.05, 3.63) is 119 Å². The Morgan fingerprint density at radius 1 is 0.867 bits per heavy atom. The number of amides is 1. The van der Waals surface area contributed by atoms with Gasteiger partial charge in [0.1, 0.15) is 0 Å². The molecule has 30 heavy (non-hydrogen) atoms. The Balaban J connectivity index is 1.66. The number of rotatable bonds is 5. The minimum absolute atomic E-state index is 0.0243. The lowest BCUT2D eigenvalue weighted by Gasteiger charge is -2.24. The van der Waals surface area contributed by atoms with Crippen molar-refractivity contribution in [2.75, 3.05) is 0 Å². The summed E-state index contributed by atoms with van der Waals surface area (Å²) in [6.07, 6.45) is 5.79. The predicted molar refractivity (Wildman–Crippen MR) is 126 cm³/mol. The number of hydrogen-bond donors (Lipinski definition) is 0. The minimum atomic E-state index is -0.113. The van der Waals surface area contributed by atoms with Gasteiger partial charge < -0.3 is 0 Å².